The number of piperidine rings is 1. The van der Waals surface area contributed by atoms with E-state index in [1.165, 1.54) is 10.6 Å². The van der Waals surface area contributed by atoms with Crippen LogP contribution in [-0.2, 0) is 33.5 Å². The Labute approximate surface area is 261 Å². The summed E-state index contributed by atoms with van der Waals surface area (Å²) in [6.07, 6.45) is 1.77. The number of nitrogens with zero attached hydrogens (tertiary/aromatic N) is 5. The number of anilines is 2. The molecule has 1 aromatic carbocycles. The van der Waals surface area contributed by atoms with E-state index in [2.05, 4.69) is 27.3 Å². The minimum atomic E-state index is -4.59. The number of aromatic nitrogens is 4. The molecule has 0 bridgehead atoms. The first-order valence-electron chi connectivity index (χ1n) is 14.6. The molecule has 1 unspecified atom stereocenters. The van der Waals surface area contributed by atoms with E-state index in [0.717, 1.165) is 43.0 Å². The van der Waals surface area contributed by atoms with Gasteiger partial charge >= 0.3 is 6.18 Å². The molecule has 45 heavy (non-hydrogen) atoms. The Hall–Kier alpha value is -4.17. The maximum absolute atomic E-state index is 14.2. The van der Waals surface area contributed by atoms with E-state index in [1.54, 1.807) is 4.57 Å². The predicted molar refractivity (Wildman–Crippen MR) is 163 cm³/mol. The fourth-order valence-electron chi connectivity index (χ4n) is 5.69. The van der Waals surface area contributed by atoms with Gasteiger partial charge in [-0.15, -0.1) is 5.10 Å². The molecule has 11 nitrogen and oxygen atoms in total. The Morgan fingerprint density at radius 1 is 1.27 bits per heavy atom. The van der Waals surface area contributed by atoms with Crippen LogP contribution >= 0.6 is 11.6 Å². The molecule has 1 atom stereocenters. The van der Waals surface area contributed by atoms with Gasteiger partial charge in [0, 0.05) is 19.1 Å². The minimum absolute atomic E-state index is 0.00794. The fraction of sp³-hybridized carbons (Fsp3) is 0.433. The van der Waals surface area contributed by atoms with Crippen LogP contribution in [0.4, 0.5) is 24.5 Å². The Morgan fingerprint density at radius 2 is 2.07 bits per heavy atom. The van der Waals surface area contributed by atoms with Crippen molar-refractivity contribution in [1.82, 2.24) is 24.5 Å². The van der Waals surface area contributed by atoms with E-state index in [0.29, 0.717) is 49.8 Å². The van der Waals surface area contributed by atoms with Gasteiger partial charge in [-0.2, -0.15) is 22.7 Å². The van der Waals surface area contributed by atoms with Gasteiger partial charge in [0.2, 0.25) is 17.6 Å². The van der Waals surface area contributed by atoms with E-state index in [-0.39, 0.29) is 41.5 Å². The first kappa shape index (κ1) is 32.2. The quantitative estimate of drug-likeness (QED) is 0.333. The summed E-state index contributed by atoms with van der Waals surface area (Å²) in [6, 6.07) is 2.48. The zero-order chi connectivity index (χ0) is 32.3. The van der Waals surface area contributed by atoms with E-state index in [1.807, 2.05) is 17.9 Å². The van der Waals surface area contributed by atoms with Crippen molar-refractivity contribution in [1.29, 1.82) is 0 Å². The summed E-state index contributed by atoms with van der Waals surface area (Å²) in [5, 5.41) is 9.71. The van der Waals surface area contributed by atoms with Crippen molar-refractivity contribution in [3.63, 3.8) is 0 Å². The molecule has 1 fully saturated rings. The summed E-state index contributed by atoms with van der Waals surface area (Å²) in [5.74, 6) is -0.437. The summed E-state index contributed by atoms with van der Waals surface area (Å²) in [7, 11) is 0. The van der Waals surface area contributed by atoms with Gasteiger partial charge in [0.25, 0.3) is 5.56 Å². The van der Waals surface area contributed by atoms with Crippen LogP contribution in [0.15, 0.2) is 41.7 Å². The van der Waals surface area contributed by atoms with Gasteiger partial charge in [-0.1, -0.05) is 31.2 Å². The fourth-order valence-corrected chi connectivity index (χ4v) is 5.92. The summed E-state index contributed by atoms with van der Waals surface area (Å²) in [4.78, 5) is 46.2. The van der Waals surface area contributed by atoms with Crippen LogP contribution < -0.4 is 21.1 Å². The van der Waals surface area contributed by atoms with Gasteiger partial charge < -0.3 is 24.8 Å². The summed E-state index contributed by atoms with van der Waals surface area (Å²) < 4.78 is 47.6. The standard InChI is InChI=1S/C30H33ClF3N7O4/c1-3-23-26(39-12-6-5-7-20(39)16-35-24(42)4-2)28(44)41-29(37-27(38-41)18-10-13-45-14-11-18)40(23)17-25(43)36-22-9-8-19(15-21(22)31)30(32,33)34/h4,8-10,15,20H,2-3,5-7,11-14,16-17H2,1H3,(H,35,42)(H,36,43). The van der Waals surface area contributed by atoms with Crippen molar-refractivity contribution >= 4 is 46.1 Å². The number of fused-ring (bicyclic) bond motifs is 1. The van der Waals surface area contributed by atoms with Gasteiger partial charge in [-0.25, -0.2) is 0 Å². The number of hydrogen-bond acceptors (Lipinski definition) is 7. The highest BCUT2D eigenvalue weighted by atomic mass is 35.5. The highest BCUT2D eigenvalue weighted by Gasteiger charge is 2.32. The van der Waals surface area contributed by atoms with E-state index in [9.17, 15) is 27.6 Å². The molecule has 2 amide bonds. The van der Waals surface area contributed by atoms with Crippen molar-refractivity contribution in [2.75, 3.05) is 36.5 Å². The monoisotopic (exact) mass is 647 g/mol. The van der Waals surface area contributed by atoms with Crippen molar-refractivity contribution < 1.29 is 27.5 Å². The molecular formula is C30H33ClF3N7O4. The Balaban J connectivity index is 1.59. The van der Waals surface area contributed by atoms with E-state index in [4.69, 9.17) is 16.3 Å². The van der Waals surface area contributed by atoms with Gasteiger partial charge in [-0.3, -0.25) is 14.4 Å². The molecule has 2 aliphatic heterocycles. The lowest BCUT2D eigenvalue weighted by molar-refractivity contribution is -0.137. The highest BCUT2D eigenvalue weighted by Crippen LogP contribution is 2.34. The van der Waals surface area contributed by atoms with Gasteiger partial charge in [0.15, 0.2) is 5.82 Å². The van der Waals surface area contributed by atoms with Gasteiger partial charge in [0.1, 0.15) is 12.2 Å². The topological polar surface area (TPSA) is 123 Å². The molecular weight excluding hydrogens is 615 g/mol. The van der Waals surface area contributed by atoms with Crippen molar-refractivity contribution in [3.05, 3.63) is 69.4 Å². The largest absolute Gasteiger partial charge is 0.416 e. The Bertz CT molecular complexity index is 1720. The number of nitrogens with one attached hydrogen (secondary N) is 2. The molecule has 240 valence electrons. The molecule has 2 aliphatic rings. The number of alkyl halides is 3. The van der Waals surface area contributed by atoms with Crippen LogP contribution in [-0.4, -0.2) is 63.3 Å². The lowest BCUT2D eigenvalue weighted by Crippen LogP contribution is -2.49. The molecule has 2 N–H and O–H groups in total. The molecule has 2 aromatic heterocycles. The van der Waals surface area contributed by atoms with Gasteiger partial charge in [0.05, 0.1) is 35.2 Å². The number of amides is 2. The second-order valence-corrected chi connectivity index (χ2v) is 11.2. The molecule has 0 saturated carbocycles. The summed E-state index contributed by atoms with van der Waals surface area (Å²) >= 11 is 6.10. The first-order valence-corrected chi connectivity index (χ1v) is 15.0. The van der Waals surface area contributed by atoms with E-state index >= 15 is 0 Å². The summed E-state index contributed by atoms with van der Waals surface area (Å²) in [6.45, 7) is 6.70. The molecule has 5 rings (SSSR count). The predicted octanol–water partition coefficient (Wildman–Crippen LogP) is 4.23. The number of benzene rings is 1. The van der Waals surface area contributed by atoms with Crippen LogP contribution in [0.2, 0.25) is 5.02 Å². The number of halogens is 4. The second-order valence-electron chi connectivity index (χ2n) is 10.8. The molecule has 0 spiro atoms. The van der Waals surface area contributed by atoms with Crippen LogP contribution in [0.25, 0.3) is 11.4 Å². The van der Waals surface area contributed by atoms with Crippen LogP contribution in [0, 0.1) is 0 Å². The Kier molecular flexibility index (Phi) is 9.63. The van der Waals surface area contributed by atoms with Crippen LogP contribution in [0.3, 0.4) is 0 Å². The lowest BCUT2D eigenvalue weighted by atomic mass is 10.0. The van der Waals surface area contributed by atoms with Crippen LogP contribution in [0.1, 0.15) is 49.7 Å². The molecule has 0 radical (unpaired) electrons. The molecule has 4 heterocycles. The molecule has 1 saturated heterocycles. The SMILES string of the molecule is C=CC(=O)NCC1CCCCN1c1c(CC)n(CC(=O)Nc2ccc(C(F)(F)F)cc2Cl)c2nc(C3=CCOCC3)nn2c1=O. The minimum Gasteiger partial charge on any atom is -0.377 e. The third-order valence-corrected chi connectivity index (χ3v) is 8.21. The maximum atomic E-state index is 14.2. The third kappa shape index (κ3) is 6.91. The number of carbonyl (C=O) groups excluding carboxylic acids is 2. The average molecular weight is 648 g/mol. The average Bonchev–Trinajstić information content (AvgIpc) is 3.48. The zero-order valence-corrected chi connectivity index (χ0v) is 25.4. The molecule has 0 aliphatic carbocycles. The number of ether oxygens (including phenoxy) is 1. The molecule has 3 aromatic rings. The maximum Gasteiger partial charge on any atom is 0.416 e. The lowest BCUT2D eigenvalue weighted by Gasteiger charge is -2.38. The van der Waals surface area contributed by atoms with Crippen molar-refractivity contribution in [2.45, 2.75) is 57.8 Å². The van der Waals surface area contributed by atoms with Crippen molar-refractivity contribution in [2.24, 2.45) is 0 Å². The Morgan fingerprint density at radius 3 is 2.73 bits per heavy atom. The smallest absolute Gasteiger partial charge is 0.377 e. The normalized spacial score (nSPS) is 17.2. The third-order valence-electron chi connectivity index (χ3n) is 7.89. The molecule has 15 heteroatoms. The van der Waals surface area contributed by atoms with E-state index < -0.39 is 23.2 Å². The number of rotatable bonds is 9. The second kappa shape index (κ2) is 13.4. The highest BCUT2D eigenvalue weighted by molar-refractivity contribution is 6.33. The zero-order valence-electron chi connectivity index (χ0n) is 24.6. The number of hydrogen-bond donors (Lipinski definition) is 2. The van der Waals surface area contributed by atoms with Gasteiger partial charge in [-0.05, 0) is 62.0 Å². The van der Waals surface area contributed by atoms with Crippen molar-refractivity contribution in [3.8, 4) is 0 Å². The number of carbonyl (C=O) groups is 2. The van der Waals surface area contributed by atoms with Crippen LogP contribution in [0.5, 0.6) is 0 Å². The summed E-state index contributed by atoms with van der Waals surface area (Å²) in [5.41, 5.74) is 0.346. The first-order chi connectivity index (χ1) is 21.5.